The third-order valence-corrected chi connectivity index (χ3v) is 2.66. The number of hydrogen-bond donors (Lipinski definition) is 3. The van der Waals surface area contributed by atoms with Gasteiger partial charge in [-0.1, -0.05) is 0 Å². The Kier molecular flexibility index (Phi) is 2.86. The molecule has 15 heavy (non-hydrogen) atoms. The number of hydrogen-bond acceptors (Lipinski definition) is 5. The highest BCUT2D eigenvalue weighted by atomic mass is 16.3. The zero-order valence-corrected chi connectivity index (χ0v) is 9.57. The van der Waals surface area contributed by atoms with Gasteiger partial charge in [0.2, 0.25) is 0 Å². The Morgan fingerprint density at radius 3 is 2.20 bits per heavy atom. The van der Waals surface area contributed by atoms with Gasteiger partial charge in [0.1, 0.15) is 11.6 Å². The molecule has 0 saturated heterocycles. The monoisotopic (exact) mass is 210 g/mol. The zero-order chi connectivity index (χ0) is 11.7. The Bertz CT molecular complexity index is 326. The van der Waals surface area contributed by atoms with Gasteiger partial charge in [-0.05, 0) is 39.8 Å². The summed E-state index contributed by atoms with van der Waals surface area (Å²) in [6.45, 7) is 7.27. The summed E-state index contributed by atoms with van der Waals surface area (Å²) in [5, 5.41) is 20.6. The van der Waals surface area contributed by atoms with Crippen molar-refractivity contribution in [2.45, 2.75) is 38.8 Å². The maximum Gasteiger partial charge on any atom is 0.149 e. The molecule has 1 rings (SSSR count). The minimum absolute atomic E-state index is 0.376. The van der Waals surface area contributed by atoms with E-state index in [4.69, 9.17) is 5.73 Å². The van der Waals surface area contributed by atoms with Crippen molar-refractivity contribution >= 4 is 11.6 Å². The molecule has 1 aromatic heterocycles. The molecule has 0 atom stereocenters. The van der Waals surface area contributed by atoms with E-state index in [0.717, 1.165) is 0 Å². The first-order valence-corrected chi connectivity index (χ1v) is 4.82. The summed E-state index contributed by atoms with van der Waals surface area (Å²) < 4.78 is 0. The molecule has 0 aliphatic heterocycles. The lowest BCUT2D eigenvalue weighted by molar-refractivity contribution is 0.0238. The predicted octanol–water partition coefficient (Wildman–Crippen LogP) is 1.02. The van der Waals surface area contributed by atoms with E-state index in [-0.39, 0.29) is 0 Å². The van der Waals surface area contributed by atoms with Gasteiger partial charge in [-0.15, -0.1) is 10.2 Å². The standard InChI is InChI=1S/C10H18N4O/c1-9(2,10(3,4)15)12-8-6-5-7(11)13-14-8/h5-6,15H,1-4H3,(H2,11,13)(H,12,14). The van der Waals surface area contributed by atoms with E-state index in [9.17, 15) is 5.11 Å². The molecule has 5 nitrogen and oxygen atoms in total. The third kappa shape index (κ3) is 2.79. The number of aliphatic hydroxyl groups is 1. The smallest absolute Gasteiger partial charge is 0.149 e. The van der Waals surface area contributed by atoms with Crippen LogP contribution in [-0.4, -0.2) is 26.4 Å². The van der Waals surface area contributed by atoms with Crippen molar-refractivity contribution < 1.29 is 5.11 Å². The quantitative estimate of drug-likeness (QED) is 0.693. The van der Waals surface area contributed by atoms with Crippen LogP contribution in [0.4, 0.5) is 11.6 Å². The highest BCUT2D eigenvalue weighted by molar-refractivity contribution is 5.41. The van der Waals surface area contributed by atoms with Crippen LogP contribution < -0.4 is 11.1 Å². The Labute approximate surface area is 89.7 Å². The summed E-state index contributed by atoms with van der Waals surface area (Å²) in [6, 6.07) is 3.39. The number of anilines is 2. The van der Waals surface area contributed by atoms with Crippen LogP contribution in [0.15, 0.2) is 12.1 Å². The molecule has 0 aliphatic carbocycles. The molecular formula is C10H18N4O. The molecule has 1 aromatic rings. The molecule has 4 N–H and O–H groups in total. The van der Waals surface area contributed by atoms with E-state index in [1.165, 1.54) is 0 Å². The van der Waals surface area contributed by atoms with Crippen molar-refractivity contribution in [2.24, 2.45) is 0 Å². The SMILES string of the molecule is CC(C)(O)C(C)(C)Nc1ccc(N)nn1. The van der Waals surface area contributed by atoms with Crippen LogP contribution in [0.3, 0.4) is 0 Å². The van der Waals surface area contributed by atoms with Crippen molar-refractivity contribution in [1.29, 1.82) is 0 Å². The topological polar surface area (TPSA) is 84.1 Å². The van der Waals surface area contributed by atoms with Crippen molar-refractivity contribution in [3.63, 3.8) is 0 Å². The van der Waals surface area contributed by atoms with Gasteiger partial charge in [0.05, 0.1) is 11.1 Å². The van der Waals surface area contributed by atoms with Crippen molar-refractivity contribution in [1.82, 2.24) is 10.2 Å². The van der Waals surface area contributed by atoms with Crippen molar-refractivity contribution in [3.8, 4) is 0 Å². The normalized spacial score (nSPS) is 12.6. The lowest BCUT2D eigenvalue weighted by Crippen LogP contribution is -2.51. The molecule has 84 valence electrons. The molecule has 1 heterocycles. The molecular weight excluding hydrogens is 192 g/mol. The Balaban J connectivity index is 2.82. The molecule has 0 bridgehead atoms. The Morgan fingerprint density at radius 1 is 1.20 bits per heavy atom. The van der Waals surface area contributed by atoms with Crippen molar-refractivity contribution in [3.05, 3.63) is 12.1 Å². The molecule has 5 heteroatoms. The van der Waals surface area contributed by atoms with Crippen LogP contribution in [0.1, 0.15) is 27.7 Å². The minimum atomic E-state index is -0.865. The van der Waals surface area contributed by atoms with Crippen LogP contribution in [0.5, 0.6) is 0 Å². The average Bonchev–Trinajstić information content (AvgIpc) is 2.06. The van der Waals surface area contributed by atoms with Crippen LogP contribution in [0, 0.1) is 0 Å². The highest BCUT2D eigenvalue weighted by Gasteiger charge is 2.35. The summed E-state index contributed by atoms with van der Waals surface area (Å²) in [4.78, 5) is 0. The van der Waals surface area contributed by atoms with Crippen LogP contribution >= 0.6 is 0 Å². The molecule has 0 saturated carbocycles. The molecule has 0 aliphatic rings. The third-order valence-electron chi connectivity index (χ3n) is 2.66. The average molecular weight is 210 g/mol. The first kappa shape index (κ1) is 11.7. The van der Waals surface area contributed by atoms with E-state index in [2.05, 4.69) is 15.5 Å². The van der Waals surface area contributed by atoms with E-state index < -0.39 is 11.1 Å². The molecule has 0 unspecified atom stereocenters. The van der Waals surface area contributed by atoms with E-state index >= 15 is 0 Å². The van der Waals surface area contributed by atoms with Crippen LogP contribution in [-0.2, 0) is 0 Å². The fourth-order valence-corrected chi connectivity index (χ4v) is 0.882. The molecule has 0 spiro atoms. The molecule has 0 aromatic carbocycles. The Morgan fingerprint density at radius 2 is 1.80 bits per heavy atom. The van der Waals surface area contributed by atoms with Gasteiger partial charge >= 0.3 is 0 Å². The number of nitrogens with one attached hydrogen (secondary N) is 1. The molecule has 0 radical (unpaired) electrons. The number of aromatic nitrogens is 2. The second kappa shape index (κ2) is 3.66. The van der Waals surface area contributed by atoms with Crippen LogP contribution in [0.25, 0.3) is 0 Å². The first-order chi connectivity index (χ1) is 6.72. The maximum atomic E-state index is 9.93. The van der Waals surface area contributed by atoms with E-state index in [0.29, 0.717) is 11.6 Å². The van der Waals surface area contributed by atoms with Gasteiger partial charge < -0.3 is 16.2 Å². The molecule has 0 amide bonds. The lowest BCUT2D eigenvalue weighted by Gasteiger charge is -2.38. The zero-order valence-electron chi connectivity index (χ0n) is 9.57. The fraction of sp³-hybridized carbons (Fsp3) is 0.600. The number of rotatable bonds is 3. The van der Waals surface area contributed by atoms with Gasteiger partial charge in [-0.2, -0.15) is 0 Å². The van der Waals surface area contributed by atoms with Gasteiger partial charge in [-0.3, -0.25) is 0 Å². The summed E-state index contributed by atoms with van der Waals surface area (Å²) in [7, 11) is 0. The number of nitrogens with two attached hydrogens (primary N) is 1. The molecule has 0 fully saturated rings. The van der Waals surface area contributed by atoms with Gasteiger partial charge in [0, 0.05) is 0 Å². The second-order valence-electron chi connectivity index (χ2n) is 4.65. The second-order valence-corrected chi connectivity index (χ2v) is 4.65. The van der Waals surface area contributed by atoms with E-state index in [1.54, 1.807) is 26.0 Å². The minimum Gasteiger partial charge on any atom is -0.388 e. The number of nitrogen functional groups attached to an aromatic ring is 1. The Hall–Kier alpha value is -1.36. The summed E-state index contributed by atoms with van der Waals surface area (Å²) in [6.07, 6.45) is 0. The van der Waals surface area contributed by atoms with Gasteiger partial charge in [-0.25, -0.2) is 0 Å². The summed E-state index contributed by atoms with van der Waals surface area (Å²) >= 11 is 0. The summed E-state index contributed by atoms with van der Waals surface area (Å²) in [5.74, 6) is 0.970. The largest absolute Gasteiger partial charge is 0.388 e. The maximum absolute atomic E-state index is 9.93. The predicted molar refractivity (Wildman–Crippen MR) is 60.4 cm³/mol. The van der Waals surface area contributed by atoms with Crippen molar-refractivity contribution in [2.75, 3.05) is 11.1 Å². The first-order valence-electron chi connectivity index (χ1n) is 4.82. The van der Waals surface area contributed by atoms with Gasteiger partial charge in [0.25, 0.3) is 0 Å². The fourth-order valence-electron chi connectivity index (χ4n) is 0.882. The lowest BCUT2D eigenvalue weighted by atomic mass is 9.86. The summed E-state index contributed by atoms with van der Waals surface area (Å²) in [5.41, 5.74) is 4.06. The van der Waals surface area contributed by atoms with Gasteiger partial charge in [0.15, 0.2) is 0 Å². The van der Waals surface area contributed by atoms with Crippen LogP contribution in [0.2, 0.25) is 0 Å². The number of nitrogens with zero attached hydrogens (tertiary/aromatic N) is 2. The highest BCUT2D eigenvalue weighted by Crippen LogP contribution is 2.24. The van der Waals surface area contributed by atoms with E-state index in [1.807, 2.05) is 13.8 Å².